The maximum atomic E-state index is 11.9. The number of sulfonamides is 1. The summed E-state index contributed by atoms with van der Waals surface area (Å²) in [6.07, 6.45) is 1.75. The topological polar surface area (TPSA) is 72.2 Å². The maximum Gasteiger partial charge on any atom is 0.211 e. The van der Waals surface area contributed by atoms with E-state index in [4.69, 9.17) is 5.73 Å². The second-order valence-corrected chi connectivity index (χ2v) is 6.68. The second kappa shape index (κ2) is 7.62. The van der Waals surface area contributed by atoms with Crippen molar-refractivity contribution in [1.29, 1.82) is 0 Å². The number of hydrogen-bond acceptors (Lipinski definition) is 3. The summed E-state index contributed by atoms with van der Waals surface area (Å²) in [5, 5.41) is 0. The van der Waals surface area contributed by atoms with Crippen molar-refractivity contribution in [1.82, 2.24) is 4.72 Å². The Balaban J connectivity index is 2.51. The van der Waals surface area contributed by atoms with Gasteiger partial charge in [-0.05, 0) is 11.5 Å². The summed E-state index contributed by atoms with van der Waals surface area (Å²) in [6.45, 7) is 4.27. The van der Waals surface area contributed by atoms with E-state index in [2.05, 4.69) is 4.72 Å². The third-order valence-corrected chi connectivity index (χ3v) is 4.88. The quantitative estimate of drug-likeness (QED) is 0.767. The molecule has 0 saturated carbocycles. The highest BCUT2D eigenvalue weighted by molar-refractivity contribution is 7.89. The van der Waals surface area contributed by atoms with Crippen LogP contribution in [0, 0.1) is 5.92 Å². The lowest BCUT2D eigenvalue weighted by Gasteiger charge is -2.16. The van der Waals surface area contributed by atoms with Gasteiger partial charge in [-0.1, -0.05) is 57.0 Å². The third kappa shape index (κ3) is 5.72. The van der Waals surface area contributed by atoms with E-state index < -0.39 is 10.0 Å². The molecule has 0 amide bonds. The average molecular weight is 284 g/mol. The molecule has 0 fully saturated rings. The lowest BCUT2D eigenvalue weighted by Crippen LogP contribution is -2.35. The summed E-state index contributed by atoms with van der Waals surface area (Å²) in [7, 11) is -3.24. The first-order valence-electron chi connectivity index (χ1n) is 6.76. The van der Waals surface area contributed by atoms with Crippen LogP contribution in [0.3, 0.4) is 0 Å². The van der Waals surface area contributed by atoms with Gasteiger partial charge in [0.25, 0.3) is 0 Å². The predicted octanol–water partition coefficient (Wildman–Crippen LogP) is 2.04. The summed E-state index contributed by atoms with van der Waals surface area (Å²) >= 11 is 0. The average Bonchev–Trinajstić information content (AvgIpc) is 2.43. The summed E-state index contributed by atoms with van der Waals surface area (Å²) in [5.74, 6) is 0.395. The first-order chi connectivity index (χ1) is 8.98. The van der Waals surface area contributed by atoms with E-state index >= 15 is 0 Å². The van der Waals surface area contributed by atoms with Gasteiger partial charge in [0.1, 0.15) is 0 Å². The van der Waals surface area contributed by atoms with Gasteiger partial charge in [0.15, 0.2) is 0 Å². The summed E-state index contributed by atoms with van der Waals surface area (Å²) in [4.78, 5) is 0. The van der Waals surface area contributed by atoms with Crippen LogP contribution < -0.4 is 10.5 Å². The van der Waals surface area contributed by atoms with Crippen molar-refractivity contribution in [2.24, 2.45) is 11.7 Å². The Bertz CT molecular complexity index is 456. The molecule has 1 unspecified atom stereocenters. The molecule has 1 atom stereocenters. The van der Waals surface area contributed by atoms with E-state index in [9.17, 15) is 8.42 Å². The predicted molar refractivity (Wildman–Crippen MR) is 79.2 cm³/mol. The van der Waals surface area contributed by atoms with Crippen LogP contribution in [0.4, 0.5) is 0 Å². The molecule has 0 saturated heterocycles. The van der Waals surface area contributed by atoms with Crippen molar-refractivity contribution >= 4 is 10.0 Å². The molecule has 19 heavy (non-hydrogen) atoms. The van der Waals surface area contributed by atoms with Crippen molar-refractivity contribution in [2.75, 3.05) is 12.3 Å². The smallest absolute Gasteiger partial charge is 0.211 e. The van der Waals surface area contributed by atoms with Crippen LogP contribution in [-0.4, -0.2) is 20.7 Å². The summed E-state index contributed by atoms with van der Waals surface area (Å²) < 4.78 is 26.5. The molecule has 0 aliphatic carbocycles. The van der Waals surface area contributed by atoms with Crippen molar-refractivity contribution in [2.45, 2.75) is 32.7 Å². The van der Waals surface area contributed by atoms with Gasteiger partial charge in [-0.3, -0.25) is 0 Å². The van der Waals surface area contributed by atoms with E-state index in [0.29, 0.717) is 0 Å². The van der Waals surface area contributed by atoms with Crippen LogP contribution in [0.1, 0.15) is 38.3 Å². The van der Waals surface area contributed by atoms with Gasteiger partial charge >= 0.3 is 0 Å². The highest BCUT2D eigenvalue weighted by Gasteiger charge is 2.17. The van der Waals surface area contributed by atoms with E-state index in [0.717, 1.165) is 18.4 Å². The van der Waals surface area contributed by atoms with Crippen molar-refractivity contribution < 1.29 is 8.42 Å². The Kier molecular flexibility index (Phi) is 6.48. The van der Waals surface area contributed by atoms with Crippen molar-refractivity contribution in [3.05, 3.63) is 35.9 Å². The summed E-state index contributed by atoms with van der Waals surface area (Å²) in [5.41, 5.74) is 6.91. The maximum absolute atomic E-state index is 11.9. The first-order valence-corrected chi connectivity index (χ1v) is 8.41. The van der Waals surface area contributed by atoms with Gasteiger partial charge in [0, 0.05) is 12.6 Å². The van der Waals surface area contributed by atoms with Gasteiger partial charge in [0.2, 0.25) is 10.0 Å². The molecule has 4 nitrogen and oxygen atoms in total. The molecule has 0 spiro atoms. The van der Waals surface area contributed by atoms with Crippen LogP contribution in [0.15, 0.2) is 30.3 Å². The largest absolute Gasteiger partial charge is 0.323 e. The molecule has 1 aromatic rings. The standard InChI is InChI=1S/C14H24N2O2S/c1-3-12(4-2)11-19(17,18)16-10-14(15)13-8-6-5-7-9-13/h5-9,12,14,16H,3-4,10-11,15H2,1-2H3. The molecule has 0 aliphatic heterocycles. The van der Waals surface area contributed by atoms with Crippen LogP contribution in [0.5, 0.6) is 0 Å². The molecular weight excluding hydrogens is 260 g/mol. The molecule has 0 aliphatic rings. The van der Waals surface area contributed by atoms with Gasteiger partial charge in [-0.2, -0.15) is 0 Å². The zero-order valence-corrected chi connectivity index (χ0v) is 12.5. The summed E-state index contributed by atoms with van der Waals surface area (Å²) in [6, 6.07) is 9.20. The Labute approximate surface area is 116 Å². The molecular formula is C14H24N2O2S. The number of rotatable bonds is 8. The van der Waals surface area contributed by atoms with Gasteiger partial charge in [-0.25, -0.2) is 13.1 Å². The van der Waals surface area contributed by atoms with Gasteiger partial charge in [-0.15, -0.1) is 0 Å². The Morgan fingerprint density at radius 2 is 1.74 bits per heavy atom. The zero-order valence-electron chi connectivity index (χ0n) is 11.7. The second-order valence-electron chi connectivity index (χ2n) is 4.83. The van der Waals surface area contributed by atoms with Crippen LogP contribution in [0.25, 0.3) is 0 Å². The lowest BCUT2D eigenvalue weighted by molar-refractivity contribution is 0.514. The SMILES string of the molecule is CCC(CC)CS(=O)(=O)NCC(N)c1ccccc1. The Morgan fingerprint density at radius 3 is 2.26 bits per heavy atom. The normalized spacial score (nSPS) is 13.7. The minimum Gasteiger partial charge on any atom is -0.323 e. The minimum absolute atomic E-state index is 0.182. The van der Waals surface area contributed by atoms with Crippen molar-refractivity contribution in [3.63, 3.8) is 0 Å². The fraction of sp³-hybridized carbons (Fsp3) is 0.571. The van der Waals surface area contributed by atoms with Gasteiger partial charge in [0.05, 0.1) is 5.75 Å². The van der Waals surface area contributed by atoms with E-state index in [-0.39, 0.29) is 24.3 Å². The monoisotopic (exact) mass is 284 g/mol. The zero-order chi connectivity index (χ0) is 14.3. The molecule has 0 heterocycles. The minimum atomic E-state index is -3.24. The Hall–Kier alpha value is -0.910. The lowest BCUT2D eigenvalue weighted by atomic mass is 10.1. The first kappa shape index (κ1) is 16.1. The number of benzene rings is 1. The van der Waals surface area contributed by atoms with E-state index in [1.807, 2.05) is 44.2 Å². The third-order valence-electron chi connectivity index (χ3n) is 3.36. The number of hydrogen-bond donors (Lipinski definition) is 2. The molecule has 0 bridgehead atoms. The molecule has 1 aromatic carbocycles. The van der Waals surface area contributed by atoms with Crippen LogP contribution in [-0.2, 0) is 10.0 Å². The molecule has 108 valence electrons. The highest BCUT2D eigenvalue weighted by Crippen LogP contribution is 2.12. The molecule has 5 heteroatoms. The van der Waals surface area contributed by atoms with Crippen LogP contribution >= 0.6 is 0 Å². The number of nitrogens with one attached hydrogen (secondary N) is 1. The molecule has 3 N–H and O–H groups in total. The molecule has 0 radical (unpaired) electrons. The number of nitrogens with two attached hydrogens (primary N) is 1. The van der Waals surface area contributed by atoms with Crippen LogP contribution in [0.2, 0.25) is 0 Å². The molecule has 0 aromatic heterocycles. The van der Waals surface area contributed by atoms with E-state index in [1.54, 1.807) is 0 Å². The fourth-order valence-electron chi connectivity index (χ4n) is 1.93. The fourth-order valence-corrected chi connectivity index (χ4v) is 3.57. The Morgan fingerprint density at radius 1 is 1.16 bits per heavy atom. The highest BCUT2D eigenvalue weighted by atomic mass is 32.2. The molecule has 1 rings (SSSR count). The van der Waals surface area contributed by atoms with E-state index in [1.165, 1.54) is 0 Å². The van der Waals surface area contributed by atoms with Gasteiger partial charge < -0.3 is 5.73 Å². The van der Waals surface area contributed by atoms with Crippen molar-refractivity contribution in [3.8, 4) is 0 Å².